The van der Waals surface area contributed by atoms with Gasteiger partial charge in [-0.1, -0.05) is 67.8 Å². The Morgan fingerprint density at radius 3 is 2.10 bits per heavy atom. The second-order valence-electron chi connectivity index (χ2n) is 11.1. The zero-order chi connectivity index (χ0) is 28.2. The monoisotopic (exact) mass is 525 g/mol. The smallest absolute Gasteiger partial charge is 0.309 e. The summed E-state index contributed by atoms with van der Waals surface area (Å²) < 4.78 is 14.3. The molecular weight excluding hydrogens is 484 g/mol. The van der Waals surface area contributed by atoms with Gasteiger partial charge in [-0.2, -0.15) is 0 Å². The molecule has 2 aliphatic carbocycles. The molecule has 5 heteroatoms. The Morgan fingerprint density at radius 1 is 0.846 bits per heavy atom. The summed E-state index contributed by atoms with van der Waals surface area (Å²) in [6, 6.07) is 24.3. The Bertz CT molecular complexity index is 1320. The summed E-state index contributed by atoms with van der Waals surface area (Å²) in [7, 11) is 5.49. The third-order valence-corrected chi connectivity index (χ3v) is 8.45. The number of hydrogen-bond donors (Lipinski definition) is 0. The lowest BCUT2D eigenvalue weighted by atomic mass is 9.70. The third-order valence-electron chi connectivity index (χ3n) is 8.45. The van der Waals surface area contributed by atoms with Crippen LogP contribution in [0.4, 0.5) is 11.4 Å². The lowest BCUT2D eigenvalue weighted by Crippen LogP contribution is -2.37. The number of hydrogen-bond acceptors (Lipinski definition) is 4. The van der Waals surface area contributed by atoms with Gasteiger partial charge in [0.1, 0.15) is 0 Å². The minimum atomic E-state index is -0.868. The number of ether oxygens (including phenoxy) is 1. The molecule has 3 aromatic rings. The van der Waals surface area contributed by atoms with E-state index in [1.54, 1.807) is 4.90 Å². The normalized spacial score (nSPS) is 20.3. The van der Waals surface area contributed by atoms with Gasteiger partial charge in [-0.05, 0) is 78.1 Å². The van der Waals surface area contributed by atoms with Gasteiger partial charge in [0.25, 0.3) is 0 Å². The fraction of sp³-hybridized carbons (Fsp3) is 0.412. The van der Waals surface area contributed by atoms with Crippen molar-refractivity contribution in [2.75, 3.05) is 31.0 Å². The molecule has 1 amide bonds. The van der Waals surface area contributed by atoms with Crippen LogP contribution < -0.4 is 9.80 Å². The maximum Gasteiger partial charge on any atom is 0.309 e. The summed E-state index contributed by atoms with van der Waals surface area (Å²) in [4.78, 5) is 30.0. The van der Waals surface area contributed by atoms with Crippen LogP contribution in [0, 0.1) is 11.8 Å². The van der Waals surface area contributed by atoms with Gasteiger partial charge in [0.2, 0.25) is 5.91 Å². The highest BCUT2D eigenvalue weighted by atomic mass is 16.5. The van der Waals surface area contributed by atoms with E-state index >= 15 is 0 Å². The highest BCUT2D eigenvalue weighted by molar-refractivity contribution is 5.95. The average Bonchev–Trinajstić information content (AvgIpc) is 2.97. The quantitative estimate of drug-likeness (QED) is 0.292. The zero-order valence-corrected chi connectivity index (χ0v) is 23.3. The van der Waals surface area contributed by atoms with E-state index in [0.717, 1.165) is 78.6 Å². The fourth-order valence-corrected chi connectivity index (χ4v) is 5.91. The van der Waals surface area contributed by atoms with Gasteiger partial charge in [0.15, 0.2) is 0 Å². The molecule has 0 spiro atoms. The Hall–Kier alpha value is -3.60. The number of anilines is 2. The van der Waals surface area contributed by atoms with Crippen LogP contribution >= 0.6 is 0 Å². The highest BCUT2D eigenvalue weighted by Gasteiger charge is 2.38. The van der Waals surface area contributed by atoms with E-state index in [1.807, 2.05) is 62.6 Å². The molecule has 204 valence electrons. The molecule has 39 heavy (non-hydrogen) atoms. The Balaban J connectivity index is 1.44. The molecule has 0 bridgehead atoms. The molecule has 0 N–H and O–H groups in total. The van der Waals surface area contributed by atoms with Crippen molar-refractivity contribution < 1.29 is 15.7 Å². The van der Waals surface area contributed by atoms with Crippen molar-refractivity contribution in [3.05, 3.63) is 83.9 Å². The maximum atomic E-state index is 14.0. The van der Waals surface area contributed by atoms with Crippen LogP contribution in [0.25, 0.3) is 11.1 Å². The van der Waals surface area contributed by atoms with E-state index < -0.39 is 6.52 Å². The van der Waals surface area contributed by atoms with Crippen molar-refractivity contribution in [3.8, 4) is 11.1 Å². The summed E-state index contributed by atoms with van der Waals surface area (Å²) in [5.74, 6) is -0.272. The van der Waals surface area contributed by atoms with Crippen molar-refractivity contribution in [2.45, 2.75) is 57.4 Å². The van der Waals surface area contributed by atoms with Crippen LogP contribution in [0.15, 0.2) is 72.8 Å². The standard InChI is InChI=1S/C34H40N2O3/c1-35(2)29-18-16-26(17-19-29)25-14-12-24(13-15-25)23-36(33(37)27-8-5-4-6-9-27)30-11-7-10-28(22-30)31-20-21-32(31)34(38)39-3/h7,10-19,22,27,31-32H,4-6,8-9,20-21,23H2,1-3H3/i23D/t23-,31?,32?/m1/s1. The number of carbonyl (C=O) groups excluding carboxylic acids is 2. The van der Waals surface area contributed by atoms with E-state index in [9.17, 15) is 11.0 Å². The van der Waals surface area contributed by atoms with Gasteiger partial charge in [-0.3, -0.25) is 9.59 Å². The number of methoxy groups -OCH3 is 1. The summed E-state index contributed by atoms with van der Waals surface area (Å²) in [6.45, 7) is -0.868. The molecule has 3 atom stereocenters. The largest absolute Gasteiger partial charge is 0.469 e. The molecule has 5 nitrogen and oxygen atoms in total. The Morgan fingerprint density at radius 2 is 1.51 bits per heavy atom. The minimum absolute atomic E-state index is 0.0262. The number of esters is 1. The minimum Gasteiger partial charge on any atom is -0.469 e. The van der Waals surface area contributed by atoms with Crippen molar-refractivity contribution in [1.82, 2.24) is 0 Å². The molecule has 0 radical (unpaired) electrons. The molecule has 5 rings (SSSR count). The van der Waals surface area contributed by atoms with Gasteiger partial charge >= 0.3 is 5.97 Å². The van der Waals surface area contributed by atoms with Crippen molar-refractivity contribution >= 4 is 23.3 Å². The average molecular weight is 526 g/mol. The van der Waals surface area contributed by atoms with Crippen LogP contribution in [-0.4, -0.2) is 33.1 Å². The van der Waals surface area contributed by atoms with Gasteiger partial charge in [-0.25, -0.2) is 0 Å². The van der Waals surface area contributed by atoms with Gasteiger partial charge in [0.05, 0.1) is 20.9 Å². The second-order valence-corrected chi connectivity index (χ2v) is 11.1. The third kappa shape index (κ3) is 6.03. The van der Waals surface area contributed by atoms with Crippen LogP contribution in [0.2, 0.25) is 0 Å². The van der Waals surface area contributed by atoms with Gasteiger partial charge in [0, 0.05) is 31.4 Å². The SMILES string of the molecule is [2H][C@H](c1ccc(-c2ccc(N(C)C)cc2)cc1)N(C(=O)C1CCCCC1)c1cccc(C2CCC2C(=O)OC)c1. The lowest BCUT2D eigenvalue weighted by Gasteiger charge is -2.35. The molecule has 0 aromatic heterocycles. The summed E-state index contributed by atoms with van der Waals surface area (Å²) in [5.41, 5.74) is 5.87. The van der Waals surface area contributed by atoms with Crippen molar-refractivity contribution in [1.29, 1.82) is 0 Å². The zero-order valence-electron chi connectivity index (χ0n) is 24.3. The van der Waals surface area contributed by atoms with E-state index in [1.165, 1.54) is 7.11 Å². The van der Waals surface area contributed by atoms with E-state index in [2.05, 4.69) is 29.2 Å². The summed E-state index contributed by atoms with van der Waals surface area (Å²) in [6.07, 6.45) is 6.75. The number of nitrogens with zero attached hydrogens (tertiary/aromatic N) is 2. The van der Waals surface area contributed by atoms with Crippen LogP contribution in [0.1, 0.15) is 63.4 Å². The summed E-state index contributed by atoms with van der Waals surface area (Å²) >= 11 is 0. The van der Waals surface area contributed by atoms with E-state index in [0.29, 0.717) is 0 Å². The molecule has 2 aliphatic rings. The van der Waals surface area contributed by atoms with Gasteiger partial charge in [-0.15, -0.1) is 0 Å². The number of carbonyl (C=O) groups is 2. The Kier molecular flexibility index (Phi) is 7.94. The van der Waals surface area contributed by atoms with Crippen LogP contribution in [0.3, 0.4) is 0 Å². The molecule has 2 saturated carbocycles. The molecule has 0 heterocycles. The van der Waals surface area contributed by atoms with Crippen molar-refractivity contribution in [2.24, 2.45) is 11.8 Å². The first-order valence-electron chi connectivity index (χ1n) is 14.8. The first-order valence-corrected chi connectivity index (χ1v) is 14.2. The number of amides is 1. The molecule has 2 fully saturated rings. The topological polar surface area (TPSA) is 49.9 Å². The number of benzene rings is 3. The van der Waals surface area contributed by atoms with Crippen molar-refractivity contribution in [3.63, 3.8) is 0 Å². The predicted molar refractivity (Wildman–Crippen MR) is 158 cm³/mol. The lowest BCUT2D eigenvalue weighted by molar-refractivity contribution is -0.149. The summed E-state index contributed by atoms with van der Waals surface area (Å²) in [5, 5.41) is 0. The van der Waals surface area contributed by atoms with Gasteiger partial charge < -0.3 is 14.5 Å². The first-order chi connectivity index (χ1) is 19.4. The maximum absolute atomic E-state index is 14.0. The molecular formula is C34H40N2O3. The van der Waals surface area contributed by atoms with E-state index in [4.69, 9.17) is 4.74 Å². The number of rotatable bonds is 8. The molecule has 0 aliphatic heterocycles. The van der Waals surface area contributed by atoms with E-state index in [-0.39, 0.29) is 29.6 Å². The molecule has 2 unspecified atom stereocenters. The molecule has 3 aromatic carbocycles. The first kappa shape index (κ1) is 25.7. The van der Waals surface area contributed by atoms with Crippen LogP contribution in [0.5, 0.6) is 0 Å². The Labute approximate surface area is 234 Å². The highest BCUT2D eigenvalue weighted by Crippen LogP contribution is 2.44. The molecule has 0 saturated heterocycles. The fourth-order valence-electron chi connectivity index (χ4n) is 5.91. The second kappa shape index (κ2) is 12.1. The predicted octanol–water partition coefficient (Wildman–Crippen LogP) is 7.20. The van der Waals surface area contributed by atoms with Crippen LogP contribution in [-0.2, 0) is 20.8 Å².